The summed E-state index contributed by atoms with van der Waals surface area (Å²) in [6.07, 6.45) is 5.48. The van der Waals surface area contributed by atoms with Crippen molar-refractivity contribution in [2.24, 2.45) is 0 Å². The summed E-state index contributed by atoms with van der Waals surface area (Å²) in [4.78, 5) is 4.78. The van der Waals surface area contributed by atoms with Gasteiger partial charge in [-0.25, -0.2) is 4.98 Å². The summed E-state index contributed by atoms with van der Waals surface area (Å²) in [5.74, 6) is 0.762. The van der Waals surface area contributed by atoms with Crippen molar-refractivity contribution in [2.75, 3.05) is 13.7 Å². The summed E-state index contributed by atoms with van der Waals surface area (Å²) < 4.78 is 5.36. The lowest BCUT2D eigenvalue weighted by molar-refractivity contribution is 0.117. The minimum absolute atomic E-state index is 0.360. The third-order valence-corrected chi connectivity index (χ3v) is 4.80. The van der Waals surface area contributed by atoms with E-state index in [-0.39, 0.29) is 0 Å². The van der Waals surface area contributed by atoms with E-state index in [9.17, 15) is 0 Å². The van der Waals surface area contributed by atoms with Gasteiger partial charge in [-0.1, -0.05) is 6.42 Å². The Hall–Kier alpha value is -0.450. The second kappa shape index (κ2) is 4.43. The van der Waals surface area contributed by atoms with Gasteiger partial charge >= 0.3 is 0 Å². The van der Waals surface area contributed by atoms with Crippen LogP contribution in [0.2, 0.25) is 0 Å². The Morgan fingerprint density at radius 3 is 3.00 bits per heavy atom. The van der Waals surface area contributed by atoms with E-state index < -0.39 is 0 Å². The molecule has 3 nitrogen and oxygen atoms in total. The molecule has 2 heterocycles. The largest absolute Gasteiger partial charge is 0.380 e. The summed E-state index contributed by atoms with van der Waals surface area (Å²) in [6.45, 7) is 0.956. The van der Waals surface area contributed by atoms with E-state index in [2.05, 4.69) is 10.7 Å². The summed E-state index contributed by atoms with van der Waals surface area (Å²) in [6, 6.07) is 0.412. The van der Waals surface area contributed by atoms with E-state index in [4.69, 9.17) is 9.72 Å². The van der Waals surface area contributed by atoms with E-state index in [0.717, 1.165) is 18.9 Å². The Labute approximate surface area is 100 Å². The van der Waals surface area contributed by atoms with Crippen molar-refractivity contribution < 1.29 is 4.74 Å². The van der Waals surface area contributed by atoms with Crippen LogP contribution < -0.4 is 5.32 Å². The molecule has 0 bridgehead atoms. The number of rotatable bonds is 3. The molecule has 1 saturated carbocycles. The minimum atomic E-state index is 0.360. The third-order valence-electron chi connectivity index (χ3n) is 3.77. The van der Waals surface area contributed by atoms with Gasteiger partial charge in [0.15, 0.2) is 0 Å². The van der Waals surface area contributed by atoms with E-state index in [1.54, 1.807) is 7.11 Å². The lowest BCUT2D eigenvalue weighted by Gasteiger charge is -2.22. The van der Waals surface area contributed by atoms with Gasteiger partial charge < -0.3 is 10.1 Å². The van der Waals surface area contributed by atoms with Crippen molar-refractivity contribution in [1.29, 1.82) is 0 Å². The maximum atomic E-state index is 5.36. The lowest BCUT2D eigenvalue weighted by atomic mass is 9.86. The quantitative estimate of drug-likeness (QED) is 0.878. The molecular formula is C12H18N2OS. The lowest BCUT2D eigenvalue weighted by Crippen LogP contribution is -2.16. The predicted octanol–water partition coefficient (Wildman–Crippen LogP) is 2.46. The number of nitrogens with zero attached hydrogens (tertiary/aromatic N) is 1. The average Bonchev–Trinajstić information content (AvgIpc) is 2.81. The Balaban J connectivity index is 1.68. The standard InChI is InChI=1S/C12H18N2OS/c1-15-9-5-10(13-6-9)11-7-16-12(14-11)8-3-2-4-8/h7-10,13H,2-6H2,1H3. The monoisotopic (exact) mass is 238 g/mol. The van der Waals surface area contributed by atoms with Gasteiger partial charge in [0.2, 0.25) is 0 Å². The van der Waals surface area contributed by atoms with Crippen molar-refractivity contribution in [1.82, 2.24) is 10.3 Å². The van der Waals surface area contributed by atoms with Gasteiger partial charge in [-0.15, -0.1) is 11.3 Å². The molecule has 1 aromatic heterocycles. The maximum absolute atomic E-state index is 5.36. The first kappa shape index (κ1) is 10.7. The highest BCUT2D eigenvalue weighted by atomic mass is 32.1. The van der Waals surface area contributed by atoms with Crippen LogP contribution in [0.25, 0.3) is 0 Å². The number of hydrogen-bond donors (Lipinski definition) is 1. The van der Waals surface area contributed by atoms with E-state index in [1.165, 1.54) is 30.0 Å². The number of nitrogens with one attached hydrogen (secondary N) is 1. The van der Waals surface area contributed by atoms with E-state index in [1.807, 2.05) is 11.3 Å². The Bertz CT molecular complexity index is 362. The van der Waals surface area contributed by atoms with Gasteiger partial charge in [0.1, 0.15) is 0 Å². The van der Waals surface area contributed by atoms with Crippen LogP contribution in [-0.2, 0) is 4.74 Å². The zero-order valence-corrected chi connectivity index (χ0v) is 10.4. The molecule has 1 aromatic rings. The third kappa shape index (κ3) is 1.90. The molecule has 4 heteroatoms. The molecule has 1 N–H and O–H groups in total. The molecule has 0 radical (unpaired) electrons. The molecule has 0 amide bonds. The van der Waals surface area contributed by atoms with Crippen molar-refractivity contribution >= 4 is 11.3 Å². The molecule has 1 saturated heterocycles. The second-order valence-electron chi connectivity index (χ2n) is 4.79. The van der Waals surface area contributed by atoms with Crippen LogP contribution in [-0.4, -0.2) is 24.7 Å². The van der Waals surface area contributed by atoms with Crippen LogP contribution in [0.1, 0.15) is 48.3 Å². The van der Waals surface area contributed by atoms with Crippen LogP contribution >= 0.6 is 11.3 Å². The number of hydrogen-bond acceptors (Lipinski definition) is 4. The van der Waals surface area contributed by atoms with Gasteiger partial charge in [-0.2, -0.15) is 0 Å². The van der Waals surface area contributed by atoms with Crippen LogP contribution in [0.15, 0.2) is 5.38 Å². The average molecular weight is 238 g/mol. The fraction of sp³-hybridized carbons (Fsp3) is 0.750. The number of methoxy groups -OCH3 is 1. The molecule has 2 aliphatic rings. The van der Waals surface area contributed by atoms with Gasteiger partial charge in [0, 0.05) is 25.0 Å². The topological polar surface area (TPSA) is 34.1 Å². The molecular weight excluding hydrogens is 220 g/mol. The molecule has 88 valence electrons. The molecule has 1 aliphatic heterocycles. The van der Waals surface area contributed by atoms with Crippen molar-refractivity contribution in [3.63, 3.8) is 0 Å². The summed E-state index contributed by atoms with van der Waals surface area (Å²) in [5.41, 5.74) is 1.23. The molecule has 2 unspecified atom stereocenters. The smallest absolute Gasteiger partial charge is 0.0959 e. The normalized spacial score (nSPS) is 30.6. The van der Waals surface area contributed by atoms with Gasteiger partial charge in [0.05, 0.1) is 22.8 Å². The maximum Gasteiger partial charge on any atom is 0.0959 e. The van der Waals surface area contributed by atoms with Crippen molar-refractivity contribution in [3.05, 3.63) is 16.1 Å². The highest BCUT2D eigenvalue weighted by Crippen LogP contribution is 2.39. The minimum Gasteiger partial charge on any atom is -0.380 e. The van der Waals surface area contributed by atoms with Crippen LogP contribution in [0.5, 0.6) is 0 Å². The molecule has 2 atom stereocenters. The molecule has 0 aromatic carbocycles. The van der Waals surface area contributed by atoms with Crippen molar-refractivity contribution in [3.8, 4) is 0 Å². The number of thiazole rings is 1. The fourth-order valence-corrected chi connectivity index (χ4v) is 3.46. The number of ether oxygens (including phenoxy) is 1. The van der Waals surface area contributed by atoms with Gasteiger partial charge in [0.25, 0.3) is 0 Å². The first-order valence-electron chi connectivity index (χ1n) is 6.08. The Morgan fingerprint density at radius 2 is 2.38 bits per heavy atom. The number of aromatic nitrogens is 1. The van der Waals surface area contributed by atoms with Crippen LogP contribution in [0, 0.1) is 0 Å². The Morgan fingerprint density at radius 1 is 1.50 bits per heavy atom. The summed E-state index contributed by atoms with van der Waals surface area (Å²) in [5, 5.41) is 7.06. The first-order valence-corrected chi connectivity index (χ1v) is 6.96. The fourth-order valence-electron chi connectivity index (χ4n) is 2.41. The molecule has 1 aliphatic carbocycles. The van der Waals surface area contributed by atoms with Crippen molar-refractivity contribution in [2.45, 2.75) is 43.7 Å². The molecule has 16 heavy (non-hydrogen) atoms. The molecule has 3 rings (SSSR count). The zero-order chi connectivity index (χ0) is 11.0. The second-order valence-corrected chi connectivity index (χ2v) is 5.68. The highest BCUT2D eigenvalue weighted by molar-refractivity contribution is 7.09. The highest BCUT2D eigenvalue weighted by Gasteiger charge is 2.28. The Kier molecular flexibility index (Phi) is 2.96. The van der Waals surface area contributed by atoms with E-state index >= 15 is 0 Å². The molecule has 0 spiro atoms. The SMILES string of the molecule is COC1CNC(c2csc(C3CCC3)n2)C1. The van der Waals surface area contributed by atoms with Crippen LogP contribution in [0.3, 0.4) is 0 Å². The predicted molar refractivity (Wildman–Crippen MR) is 64.9 cm³/mol. The summed E-state index contributed by atoms with van der Waals surface area (Å²) in [7, 11) is 1.79. The van der Waals surface area contributed by atoms with E-state index in [0.29, 0.717) is 12.1 Å². The van der Waals surface area contributed by atoms with Crippen LogP contribution in [0.4, 0.5) is 0 Å². The van der Waals surface area contributed by atoms with Gasteiger partial charge in [-0.3, -0.25) is 0 Å². The first-order chi connectivity index (χ1) is 7.86. The van der Waals surface area contributed by atoms with Gasteiger partial charge in [-0.05, 0) is 19.3 Å². The summed E-state index contributed by atoms with van der Waals surface area (Å²) >= 11 is 1.84. The molecule has 2 fully saturated rings. The zero-order valence-electron chi connectivity index (χ0n) is 9.61.